The quantitative estimate of drug-likeness (QED) is 0.292. The molecule has 0 radical (unpaired) electrons. The number of hydrogen-bond donors (Lipinski definition) is 1. The maximum absolute atomic E-state index is 13.9. The van der Waals surface area contributed by atoms with Gasteiger partial charge in [0, 0.05) is 30.5 Å². The number of carbonyl (C=O) groups is 2. The number of amides is 2. The van der Waals surface area contributed by atoms with Crippen molar-refractivity contribution in [3.8, 4) is 0 Å². The second kappa shape index (κ2) is 14.2. The van der Waals surface area contributed by atoms with Crippen LogP contribution in [0.25, 0.3) is 0 Å². The molecule has 38 heavy (non-hydrogen) atoms. The molecule has 1 atom stereocenters. The lowest BCUT2D eigenvalue weighted by Crippen LogP contribution is -2.52. The summed E-state index contributed by atoms with van der Waals surface area (Å²) in [7, 11) is 0. The minimum absolute atomic E-state index is 0.0146. The van der Waals surface area contributed by atoms with E-state index in [1.807, 2.05) is 54.6 Å². The van der Waals surface area contributed by atoms with E-state index in [4.69, 9.17) is 11.6 Å². The van der Waals surface area contributed by atoms with Gasteiger partial charge in [0.15, 0.2) is 0 Å². The van der Waals surface area contributed by atoms with Crippen LogP contribution in [0.2, 0.25) is 5.02 Å². The average Bonchev–Trinajstić information content (AvgIpc) is 2.96. The number of benzene rings is 3. The molecule has 5 heteroatoms. The van der Waals surface area contributed by atoms with Crippen LogP contribution in [0.1, 0.15) is 67.7 Å². The van der Waals surface area contributed by atoms with Gasteiger partial charge < -0.3 is 10.2 Å². The van der Waals surface area contributed by atoms with Crippen LogP contribution >= 0.6 is 11.6 Å². The van der Waals surface area contributed by atoms with Crippen molar-refractivity contribution in [2.24, 2.45) is 0 Å². The molecule has 3 aromatic rings. The molecule has 1 aliphatic rings. The van der Waals surface area contributed by atoms with Crippen LogP contribution in [0, 0.1) is 0 Å². The van der Waals surface area contributed by atoms with Crippen molar-refractivity contribution < 1.29 is 9.59 Å². The number of halogens is 1. The molecule has 0 aliphatic heterocycles. The molecule has 0 heterocycles. The van der Waals surface area contributed by atoms with Gasteiger partial charge in [0.05, 0.1) is 0 Å². The van der Waals surface area contributed by atoms with Gasteiger partial charge in [-0.05, 0) is 60.1 Å². The number of hydrogen-bond acceptors (Lipinski definition) is 2. The summed E-state index contributed by atoms with van der Waals surface area (Å²) in [6.45, 7) is 2.50. The monoisotopic (exact) mass is 530 g/mol. The molecule has 0 aromatic heterocycles. The first-order valence-corrected chi connectivity index (χ1v) is 14.4. The highest BCUT2D eigenvalue weighted by atomic mass is 35.5. The predicted molar refractivity (Wildman–Crippen MR) is 155 cm³/mol. The van der Waals surface area contributed by atoms with Gasteiger partial charge in [0.2, 0.25) is 11.8 Å². The van der Waals surface area contributed by atoms with Gasteiger partial charge in [-0.1, -0.05) is 105 Å². The van der Waals surface area contributed by atoms with E-state index in [1.165, 1.54) is 12.0 Å². The first-order chi connectivity index (χ1) is 18.5. The second-order valence-corrected chi connectivity index (χ2v) is 10.8. The van der Waals surface area contributed by atoms with E-state index in [1.54, 1.807) is 4.90 Å². The smallest absolute Gasteiger partial charge is 0.243 e. The standard InChI is InChI=1S/C33H39ClN2O2/c1-2-25-13-15-26(16-14-25)19-22-32(37)36(24-28-17-20-29(34)21-18-28)31(23-27-9-5-3-6-10-27)33(38)35-30-11-7-4-8-12-30/h3,5-6,9-10,13-18,20-21,30-31H,2,4,7-8,11-12,19,22-24H2,1H3,(H,35,38). The SMILES string of the molecule is CCc1ccc(CCC(=O)N(Cc2ccc(Cl)cc2)C(Cc2ccccc2)C(=O)NC2CCCCC2)cc1. The van der Waals surface area contributed by atoms with E-state index in [9.17, 15) is 9.59 Å². The average molecular weight is 531 g/mol. The molecule has 0 saturated heterocycles. The Bertz CT molecular complexity index is 1160. The molecule has 4 rings (SSSR count). The Morgan fingerprint density at radius 2 is 1.47 bits per heavy atom. The van der Waals surface area contributed by atoms with E-state index >= 15 is 0 Å². The molecule has 3 aromatic carbocycles. The molecule has 2 amide bonds. The number of rotatable bonds is 11. The van der Waals surface area contributed by atoms with Crippen LogP contribution in [0.3, 0.4) is 0 Å². The maximum atomic E-state index is 13.9. The molecule has 1 saturated carbocycles. The molecule has 200 valence electrons. The topological polar surface area (TPSA) is 49.4 Å². The predicted octanol–water partition coefficient (Wildman–Crippen LogP) is 6.92. The van der Waals surface area contributed by atoms with Crippen LogP contribution in [0.15, 0.2) is 78.9 Å². The zero-order valence-electron chi connectivity index (χ0n) is 22.4. The summed E-state index contributed by atoms with van der Waals surface area (Å²) >= 11 is 6.13. The highest BCUT2D eigenvalue weighted by Gasteiger charge is 2.31. The molecular weight excluding hydrogens is 492 g/mol. The van der Waals surface area contributed by atoms with E-state index in [0.29, 0.717) is 30.8 Å². The van der Waals surface area contributed by atoms with Crippen molar-refractivity contribution in [2.75, 3.05) is 0 Å². The Balaban J connectivity index is 1.58. The van der Waals surface area contributed by atoms with E-state index < -0.39 is 6.04 Å². The molecule has 0 bridgehead atoms. The van der Waals surface area contributed by atoms with Crippen LogP contribution in [-0.4, -0.2) is 28.8 Å². The number of nitrogens with zero attached hydrogens (tertiary/aromatic N) is 1. The fourth-order valence-electron chi connectivity index (χ4n) is 5.22. The summed E-state index contributed by atoms with van der Waals surface area (Å²) in [4.78, 5) is 29.5. The molecular formula is C33H39ClN2O2. The van der Waals surface area contributed by atoms with Gasteiger partial charge >= 0.3 is 0 Å². The van der Waals surface area contributed by atoms with Crippen LogP contribution < -0.4 is 5.32 Å². The molecule has 4 nitrogen and oxygen atoms in total. The van der Waals surface area contributed by atoms with E-state index in [0.717, 1.165) is 48.8 Å². The summed E-state index contributed by atoms with van der Waals surface area (Å²) < 4.78 is 0. The third kappa shape index (κ3) is 8.19. The van der Waals surface area contributed by atoms with E-state index in [2.05, 4.69) is 36.5 Å². The van der Waals surface area contributed by atoms with Crippen LogP contribution in [-0.2, 0) is 35.4 Å². The lowest BCUT2D eigenvalue weighted by atomic mass is 9.94. The van der Waals surface area contributed by atoms with E-state index in [-0.39, 0.29) is 17.9 Å². The zero-order chi connectivity index (χ0) is 26.7. The highest BCUT2D eigenvalue weighted by Crippen LogP contribution is 2.21. The lowest BCUT2D eigenvalue weighted by Gasteiger charge is -2.33. The van der Waals surface area contributed by atoms with Crippen molar-refractivity contribution in [1.82, 2.24) is 10.2 Å². The number of carbonyl (C=O) groups excluding carboxylic acids is 2. The Labute approximate surface area is 232 Å². The van der Waals surface area contributed by atoms with Crippen LogP contribution in [0.5, 0.6) is 0 Å². The van der Waals surface area contributed by atoms with Crippen LogP contribution in [0.4, 0.5) is 0 Å². The second-order valence-electron chi connectivity index (χ2n) is 10.4. The highest BCUT2D eigenvalue weighted by molar-refractivity contribution is 6.30. The number of aryl methyl sites for hydroxylation is 2. The minimum atomic E-state index is -0.593. The van der Waals surface area contributed by atoms with Gasteiger partial charge in [0.1, 0.15) is 6.04 Å². The van der Waals surface area contributed by atoms with Crippen molar-refractivity contribution >= 4 is 23.4 Å². The fourth-order valence-corrected chi connectivity index (χ4v) is 5.35. The van der Waals surface area contributed by atoms with Gasteiger partial charge in [-0.3, -0.25) is 9.59 Å². The first-order valence-electron chi connectivity index (χ1n) is 14.0. The summed E-state index contributed by atoms with van der Waals surface area (Å²) in [5, 5.41) is 3.95. The summed E-state index contributed by atoms with van der Waals surface area (Å²) in [6.07, 6.45) is 7.96. The van der Waals surface area contributed by atoms with Crippen molar-refractivity contribution in [1.29, 1.82) is 0 Å². The van der Waals surface area contributed by atoms with Gasteiger partial charge in [-0.15, -0.1) is 0 Å². The zero-order valence-corrected chi connectivity index (χ0v) is 23.1. The molecule has 1 aliphatic carbocycles. The Kier molecular flexibility index (Phi) is 10.4. The molecule has 0 spiro atoms. The van der Waals surface area contributed by atoms with Gasteiger partial charge in [0.25, 0.3) is 0 Å². The van der Waals surface area contributed by atoms with Gasteiger partial charge in [-0.2, -0.15) is 0 Å². The Hall–Kier alpha value is -3.11. The summed E-state index contributed by atoms with van der Waals surface area (Å²) in [5.74, 6) is -0.0744. The Morgan fingerprint density at radius 1 is 0.842 bits per heavy atom. The normalized spacial score (nSPS) is 14.6. The summed E-state index contributed by atoms with van der Waals surface area (Å²) in [5.41, 5.74) is 4.42. The Morgan fingerprint density at radius 3 is 2.13 bits per heavy atom. The fraction of sp³-hybridized carbons (Fsp3) is 0.394. The summed E-state index contributed by atoms with van der Waals surface area (Å²) in [6, 6.07) is 25.6. The lowest BCUT2D eigenvalue weighted by molar-refractivity contribution is -0.141. The first kappa shape index (κ1) is 27.9. The number of nitrogens with one attached hydrogen (secondary N) is 1. The largest absolute Gasteiger partial charge is 0.352 e. The minimum Gasteiger partial charge on any atom is -0.352 e. The molecule has 1 unspecified atom stereocenters. The maximum Gasteiger partial charge on any atom is 0.243 e. The van der Waals surface area contributed by atoms with Crippen molar-refractivity contribution in [3.63, 3.8) is 0 Å². The molecule has 1 N–H and O–H groups in total. The van der Waals surface area contributed by atoms with Crippen molar-refractivity contribution in [3.05, 3.63) is 106 Å². The molecule has 1 fully saturated rings. The van der Waals surface area contributed by atoms with Gasteiger partial charge in [-0.25, -0.2) is 0 Å². The third-order valence-corrected chi connectivity index (χ3v) is 7.80. The van der Waals surface area contributed by atoms with Crippen molar-refractivity contribution in [2.45, 2.75) is 83.3 Å². The third-order valence-electron chi connectivity index (χ3n) is 7.55.